The van der Waals surface area contributed by atoms with Gasteiger partial charge in [0.05, 0.1) is 18.6 Å². The van der Waals surface area contributed by atoms with Gasteiger partial charge in [0.25, 0.3) is 0 Å². The molecular formula is C21H25N3O2S2. The molecular weight excluding hydrogens is 390 g/mol. The second-order valence-corrected chi connectivity index (χ2v) is 8.46. The summed E-state index contributed by atoms with van der Waals surface area (Å²) in [6.07, 6.45) is 6.78. The standard InChI is InChI=1S/C21H25N3O2S2/c1-4-25-15-11-10-13(12-16(15)26-5-2)22-19-18-14-8-6-7-9-17(14)28-20(18)24-21(23-19)27-3/h10-12H,4-9H2,1-3H3,(H,22,23,24). The smallest absolute Gasteiger partial charge is 0.190 e. The number of nitrogens with one attached hydrogen (secondary N) is 1. The number of rotatable bonds is 7. The van der Waals surface area contributed by atoms with E-state index in [1.54, 1.807) is 11.8 Å². The van der Waals surface area contributed by atoms with E-state index in [9.17, 15) is 0 Å². The van der Waals surface area contributed by atoms with E-state index in [0.717, 1.165) is 45.8 Å². The molecule has 0 radical (unpaired) electrons. The van der Waals surface area contributed by atoms with Gasteiger partial charge in [0.1, 0.15) is 10.6 Å². The number of nitrogens with zero attached hydrogens (tertiary/aromatic N) is 2. The van der Waals surface area contributed by atoms with E-state index < -0.39 is 0 Å². The monoisotopic (exact) mass is 415 g/mol. The van der Waals surface area contributed by atoms with Crippen LogP contribution in [-0.4, -0.2) is 29.4 Å². The summed E-state index contributed by atoms with van der Waals surface area (Å²) in [6.45, 7) is 5.16. The Bertz CT molecular complexity index is 987. The maximum atomic E-state index is 5.78. The molecule has 0 saturated heterocycles. The highest BCUT2D eigenvalue weighted by molar-refractivity contribution is 7.98. The molecule has 2 heterocycles. The number of hydrogen-bond acceptors (Lipinski definition) is 7. The van der Waals surface area contributed by atoms with Crippen LogP contribution < -0.4 is 14.8 Å². The van der Waals surface area contributed by atoms with Crippen molar-refractivity contribution in [2.75, 3.05) is 24.8 Å². The van der Waals surface area contributed by atoms with Gasteiger partial charge in [-0.2, -0.15) is 0 Å². The third-order valence-corrected chi connectivity index (χ3v) is 6.52. The number of thiophene rings is 1. The van der Waals surface area contributed by atoms with Crippen LogP contribution in [0.3, 0.4) is 0 Å². The van der Waals surface area contributed by atoms with Gasteiger partial charge in [0.15, 0.2) is 16.7 Å². The third kappa shape index (κ3) is 3.78. The van der Waals surface area contributed by atoms with Gasteiger partial charge in [-0.25, -0.2) is 9.97 Å². The van der Waals surface area contributed by atoms with E-state index >= 15 is 0 Å². The third-order valence-electron chi connectivity index (χ3n) is 4.78. The van der Waals surface area contributed by atoms with Crippen molar-refractivity contribution in [1.29, 1.82) is 0 Å². The molecule has 0 fully saturated rings. The number of ether oxygens (including phenoxy) is 2. The van der Waals surface area contributed by atoms with Crippen molar-refractivity contribution < 1.29 is 9.47 Å². The zero-order valence-corrected chi connectivity index (χ0v) is 18.1. The summed E-state index contributed by atoms with van der Waals surface area (Å²) >= 11 is 3.40. The Labute approximate surface area is 173 Å². The van der Waals surface area contributed by atoms with Crippen LogP contribution >= 0.6 is 23.1 Å². The molecule has 0 atom stereocenters. The minimum absolute atomic E-state index is 0.593. The summed E-state index contributed by atoms with van der Waals surface area (Å²) < 4.78 is 11.5. The molecule has 0 saturated carbocycles. The van der Waals surface area contributed by atoms with Crippen molar-refractivity contribution in [2.45, 2.75) is 44.7 Å². The Morgan fingerprint density at radius 1 is 1.07 bits per heavy atom. The van der Waals surface area contributed by atoms with Gasteiger partial charge in [-0.05, 0) is 63.5 Å². The van der Waals surface area contributed by atoms with Crippen LogP contribution in [0.2, 0.25) is 0 Å². The average Bonchev–Trinajstić information content (AvgIpc) is 3.09. The topological polar surface area (TPSA) is 56.3 Å². The van der Waals surface area contributed by atoms with Crippen molar-refractivity contribution >= 4 is 44.8 Å². The van der Waals surface area contributed by atoms with E-state index in [1.807, 2.05) is 49.6 Å². The minimum atomic E-state index is 0.593. The van der Waals surface area contributed by atoms with Crippen LogP contribution in [0.4, 0.5) is 11.5 Å². The van der Waals surface area contributed by atoms with E-state index in [1.165, 1.54) is 28.7 Å². The number of aromatic nitrogens is 2. The number of anilines is 2. The van der Waals surface area contributed by atoms with Crippen LogP contribution in [0.1, 0.15) is 37.1 Å². The Morgan fingerprint density at radius 2 is 1.86 bits per heavy atom. The summed E-state index contributed by atoms with van der Waals surface area (Å²) in [6, 6.07) is 5.95. The van der Waals surface area contributed by atoms with E-state index in [-0.39, 0.29) is 0 Å². The van der Waals surface area contributed by atoms with Gasteiger partial charge in [-0.15, -0.1) is 11.3 Å². The number of fused-ring (bicyclic) bond motifs is 3. The lowest BCUT2D eigenvalue weighted by Crippen LogP contribution is -2.03. The first-order valence-electron chi connectivity index (χ1n) is 9.76. The first-order valence-corrected chi connectivity index (χ1v) is 11.8. The molecule has 148 valence electrons. The molecule has 1 N–H and O–H groups in total. The van der Waals surface area contributed by atoms with Crippen LogP contribution in [0.5, 0.6) is 11.5 Å². The molecule has 0 bridgehead atoms. The summed E-state index contributed by atoms with van der Waals surface area (Å²) in [4.78, 5) is 12.1. The molecule has 0 spiro atoms. The first kappa shape index (κ1) is 19.3. The second kappa shape index (κ2) is 8.57. The molecule has 1 aliphatic carbocycles. The maximum absolute atomic E-state index is 5.78. The molecule has 2 aromatic heterocycles. The molecule has 28 heavy (non-hydrogen) atoms. The fourth-order valence-corrected chi connectivity index (χ4v) is 5.27. The Morgan fingerprint density at radius 3 is 2.64 bits per heavy atom. The summed E-state index contributed by atoms with van der Waals surface area (Å²) in [5.41, 5.74) is 2.37. The van der Waals surface area contributed by atoms with Gasteiger partial charge in [0, 0.05) is 16.6 Å². The normalized spacial score (nSPS) is 13.4. The minimum Gasteiger partial charge on any atom is -0.490 e. The quantitative estimate of drug-likeness (QED) is 0.387. The molecule has 7 heteroatoms. The van der Waals surface area contributed by atoms with Gasteiger partial charge in [-0.1, -0.05) is 11.8 Å². The molecule has 0 amide bonds. The fraction of sp³-hybridized carbons (Fsp3) is 0.429. The molecule has 3 aromatic rings. The van der Waals surface area contributed by atoms with Gasteiger partial charge in [0.2, 0.25) is 0 Å². The molecule has 1 aliphatic rings. The van der Waals surface area contributed by atoms with Crippen LogP contribution in [0.15, 0.2) is 23.4 Å². The summed E-state index contributed by atoms with van der Waals surface area (Å²) in [7, 11) is 0. The largest absolute Gasteiger partial charge is 0.490 e. The van der Waals surface area contributed by atoms with Crippen molar-refractivity contribution in [2.24, 2.45) is 0 Å². The van der Waals surface area contributed by atoms with Crippen LogP contribution in [-0.2, 0) is 12.8 Å². The predicted molar refractivity (Wildman–Crippen MR) is 118 cm³/mol. The Balaban J connectivity index is 1.76. The predicted octanol–water partition coefficient (Wildman–Crippen LogP) is 5.83. The van der Waals surface area contributed by atoms with Gasteiger partial charge < -0.3 is 14.8 Å². The number of hydrogen-bond donors (Lipinski definition) is 1. The highest BCUT2D eigenvalue weighted by atomic mass is 32.2. The van der Waals surface area contributed by atoms with Gasteiger partial charge >= 0.3 is 0 Å². The number of benzene rings is 1. The van der Waals surface area contributed by atoms with Gasteiger partial charge in [-0.3, -0.25) is 0 Å². The summed E-state index contributed by atoms with van der Waals surface area (Å²) in [5, 5.41) is 5.51. The Hall–Kier alpha value is -1.99. The molecule has 0 unspecified atom stereocenters. The lowest BCUT2D eigenvalue weighted by atomic mass is 9.97. The second-order valence-electron chi connectivity index (χ2n) is 6.60. The number of aryl methyl sites for hydroxylation is 2. The van der Waals surface area contributed by atoms with Crippen molar-refractivity contribution in [3.05, 3.63) is 28.6 Å². The molecule has 5 nitrogen and oxygen atoms in total. The lowest BCUT2D eigenvalue weighted by molar-refractivity contribution is 0.288. The van der Waals surface area contributed by atoms with Crippen molar-refractivity contribution in [3.63, 3.8) is 0 Å². The zero-order valence-electron chi connectivity index (χ0n) is 16.5. The number of thioether (sulfide) groups is 1. The van der Waals surface area contributed by atoms with Crippen molar-refractivity contribution in [1.82, 2.24) is 9.97 Å². The fourth-order valence-electron chi connectivity index (χ4n) is 3.59. The molecule has 1 aromatic carbocycles. The Kier molecular flexibility index (Phi) is 5.92. The average molecular weight is 416 g/mol. The van der Waals surface area contributed by atoms with Crippen molar-refractivity contribution in [3.8, 4) is 11.5 Å². The van der Waals surface area contributed by atoms with Crippen LogP contribution in [0.25, 0.3) is 10.2 Å². The zero-order chi connectivity index (χ0) is 19.5. The summed E-state index contributed by atoms with van der Waals surface area (Å²) in [5.74, 6) is 2.40. The highest BCUT2D eigenvalue weighted by Crippen LogP contribution is 2.40. The first-order chi connectivity index (χ1) is 13.7. The van der Waals surface area contributed by atoms with Crippen LogP contribution in [0, 0.1) is 0 Å². The van der Waals surface area contributed by atoms with E-state index in [2.05, 4.69) is 5.32 Å². The van der Waals surface area contributed by atoms with E-state index in [4.69, 9.17) is 19.4 Å². The lowest BCUT2D eigenvalue weighted by Gasteiger charge is -2.15. The maximum Gasteiger partial charge on any atom is 0.190 e. The highest BCUT2D eigenvalue weighted by Gasteiger charge is 2.21. The molecule has 4 rings (SSSR count). The molecule has 0 aliphatic heterocycles. The van der Waals surface area contributed by atoms with E-state index in [0.29, 0.717) is 13.2 Å². The SMILES string of the molecule is CCOc1ccc(Nc2nc(SC)nc3sc4c(c23)CCCC4)cc1OCC.